The molecule has 1 heterocycles. The Labute approximate surface area is 205 Å². The largest absolute Gasteiger partial charge is 0.516 e. The van der Waals surface area contributed by atoms with Gasteiger partial charge in [-0.15, -0.1) is 0 Å². The first-order valence-corrected chi connectivity index (χ1v) is 11.4. The quantitative estimate of drug-likeness (QED) is 0.454. The highest BCUT2D eigenvalue weighted by Gasteiger charge is 2.66. The van der Waals surface area contributed by atoms with Crippen LogP contribution in [-0.2, 0) is 16.2 Å². The molecule has 0 unspecified atom stereocenters. The SMILES string of the molecule is N#Cc1nn(-c2c(Cl)cc(C(F)(F)F)cc2Cl)c(N)c1N(CC1(C(F)(F)F)CC1)S(=O)(=O)C(F)(F)F. The maximum atomic E-state index is 13.5. The molecule has 36 heavy (non-hydrogen) atoms. The van der Waals surface area contributed by atoms with Crippen molar-refractivity contribution in [2.75, 3.05) is 16.6 Å². The van der Waals surface area contributed by atoms with E-state index >= 15 is 0 Å². The lowest BCUT2D eigenvalue weighted by Gasteiger charge is -2.30. The zero-order valence-corrected chi connectivity index (χ0v) is 19.4. The van der Waals surface area contributed by atoms with E-state index in [4.69, 9.17) is 28.9 Å². The van der Waals surface area contributed by atoms with Crippen LogP contribution in [0.1, 0.15) is 24.1 Å². The Hall–Kier alpha value is -2.58. The van der Waals surface area contributed by atoms with E-state index in [9.17, 15) is 53.2 Å². The topological polar surface area (TPSA) is 105 Å². The van der Waals surface area contributed by atoms with Crippen molar-refractivity contribution in [3.05, 3.63) is 33.4 Å². The highest BCUT2D eigenvalue weighted by atomic mass is 35.5. The van der Waals surface area contributed by atoms with Gasteiger partial charge in [0.05, 0.1) is 21.0 Å². The van der Waals surface area contributed by atoms with Crippen LogP contribution >= 0.6 is 23.2 Å². The van der Waals surface area contributed by atoms with Crippen molar-refractivity contribution in [1.29, 1.82) is 5.26 Å². The van der Waals surface area contributed by atoms with Gasteiger partial charge in [0.15, 0.2) is 11.5 Å². The molecule has 3 rings (SSSR count). The lowest BCUT2D eigenvalue weighted by atomic mass is 10.1. The average Bonchev–Trinajstić information content (AvgIpc) is 3.43. The van der Waals surface area contributed by atoms with Crippen LogP contribution in [0.4, 0.5) is 51.0 Å². The first kappa shape index (κ1) is 28.0. The van der Waals surface area contributed by atoms with Gasteiger partial charge < -0.3 is 5.73 Å². The highest BCUT2D eigenvalue weighted by Crippen LogP contribution is 2.59. The molecule has 1 aromatic heterocycles. The summed E-state index contributed by atoms with van der Waals surface area (Å²) in [6.45, 7) is -1.79. The number of hydrogen-bond donors (Lipinski definition) is 1. The molecular formula is C17H10Cl2F9N5O2S. The molecule has 1 saturated carbocycles. The molecule has 7 nitrogen and oxygen atoms in total. The Morgan fingerprint density at radius 2 is 1.58 bits per heavy atom. The molecule has 0 bridgehead atoms. The molecule has 1 aliphatic carbocycles. The summed E-state index contributed by atoms with van der Waals surface area (Å²) in [5.41, 5.74) is -7.89. The van der Waals surface area contributed by atoms with E-state index in [2.05, 4.69) is 5.10 Å². The molecule has 0 amide bonds. The molecule has 2 N–H and O–H groups in total. The Kier molecular flexibility index (Phi) is 6.60. The average molecular weight is 590 g/mol. The van der Waals surface area contributed by atoms with Gasteiger partial charge in [-0.3, -0.25) is 4.31 Å². The number of benzene rings is 1. The number of nitriles is 1. The Morgan fingerprint density at radius 1 is 1.08 bits per heavy atom. The van der Waals surface area contributed by atoms with E-state index < -0.39 is 95.5 Å². The van der Waals surface area contributed by atoms with Crippen LogP contribution in [0.25, 0.3) is 5.69 Å². The molecule has 0 radical (unpaired) electrons. The van der Waals surface area contributed by atoms with Gasteiger partial charge in [0.25, 0.3) is 0 Å². The molecule has 19 heteroatoms. The number of hydrogen-bond acceptors (Lipinski definition) is 5. The molecule has 1 aliphatic rings. The fourth-order valence-corrected chi connectivity index (χ4v) is 4.95. The molecule has 1 aromatic carbocycles. The molecule has 0 spiro atoms. The number of sulfonamides is 1. The van der Waals surface area contributed by atoms with Crippen LogP contribution in [-0.4, -0.2) is 36.4 Å². The second-order valence-corrected chi connectivity index (χ2v) is 10.3. The molecule has 1 fully saturated rings. The maximum absolute atomic E-state index is 13.5. The van der Waals surface area contributed by atoms with Gasteiger partial charge in [-0.25, -0.2) is 4.68 Å². The number of nitrogens with zero attached hydrogens (tertiary/aromatic N) is 4. The number of anilines is 2. The zero-order valence-electron chi connectivity index (χ0n) is 17.0. The van der Waals surface area contributed by atoms with Crippen LogP contribution in [0, 0.1) is 16.7 Å². The summed E-state index contributed by atoms with van der Waals surface area (Å²) in [6.07, 6.45) is -11.5. The van der Waals surface area contributed by atoms with Crippen LogP contribution in [0.5, 0.6) is 0 Å². The molecule has 198 valence electrons. The zero-order chi connectivity index (χ0) is 27.6. The summed E-state index contributed by atoms with van der Waals surface area (Å²) in [6, 6.07) is 1.89. The standard InChI is InChI=1S/C17H10Cl2F9N5O2S/c18-8-3-7(15(20,21)22)4-9(19)11(8)33-13(30)12(10(5-29)31-33)32(36(34,35)17(26,27)28)6-14(1-2-14)16(23,24)25/h3-4H,1-2,6,30H2. The fraction of sp³-hybridized carbons (Fsp3) is 0.412. The van der Waals surface area contributed by atoms with Crippen molar-refractivity contribution in [2.24, 2.45) is 5.41 Å². The van der Waals surface area contributed by atoms with Crippen molar-refractivity contribution in [3.8, 4) is 11.8 Å². The summed E-state index contributed by atoms with van der Waals surface area (Å²) in [5.74, 6) is -1.15. The number of halogens is 11. The number of rotatable bonds is 5. The molecule has 2 aromatic rings. The summed E-state index contributed by atoms with van der Waals surface area (Å²) < 4.78 is 144. The molecule has 0 aliphatic heterocycles. The summed E-state index contributed by atoms with van der Waals surface area (Å²) in [5, 5.41) is 11.2. The van der Waals surface area contributed by atoms with Crippen LogP contribution in [0.3, 0.4) is 0 Å². The lowest BCUT2D eigenvalue weighted by molar-refractivity contribution is -0.183. The van der Waals surface area contributed by atoms with Gasteiger partial charge in [-0.1, -0.05) is 23.2 Å². The van der Waals surface area contributed by atoms with Crippen LogP contribution in [0.2, 0.25) is 10.0 Å². The van der Waals surface area contributed by atoms with E-state index in [0.717, 1.165) is 0 Å². The van der Waals surface area contributed by atoms with Crippen molar-refractivity contribution in [2.45, 2.75) is 30.7 Å². The number of alkyl halides is 9. The van der Waals surface area contributed by atoms with Crippen LogP contribution < -0.4 is 10.0 Å². The number of nitrogens with two attached hydrogens (primary N) is 1. The van der Waals surface area contributed by atoms with E-state index in [0.29, 0.717) is 12.1 Å². The number of aromatic nitrogens is 2. The van der Waals surface area contributed by atoms with E-state index in [1.807, 2.05) is 0 Å². The Balaban J connectivity index is 2.29. The lowest BCUT2D eigenvalue weighted by Crippen LogP contribution is -2.47. The smallest absolute Gasteiger partial charge is 0.382 e. The second kappa shape index (κ2) is 8.48. The van der Waals surface area contributed by atoms with Gasteiger partial charge >= 0.3 is 27.9 Å². The third-order valence-electron chi connectivity index (χ3n) is 5.29. The first-order valence-electron chi connectivity index (χ1n) is 9.19. The Bertz CT molecular complexity index is 1330. The van der Waals surface area contributed by atoms with Crippen molar-refractivity contribution < 1.29 is 47.9 Å². The third-order valence-corrected chi connectivity index (χ3v) is 7.34. The van der Waals surface area contributed by atoms with Gasteiger partial charge in [0, 0.05) is 6.54 Å². The predicted molar refractivity (Wildman–Crippen MR) is 108 cm³/mol. The Morgan fingerprint density at radius 3 is 1.94 bits per heavy atom. The number of nitrogen functional groups attached to an aromatic ring is 1. The minimum atomic E-state index is -6.58. The van der Waals surface area contributed by atoms with Crippen molar-refractivity contribution >= 4 is 44.7 Å². The summed E-state index contributed by atoms with van der Waals surface area (Å²) in [4.78, 5) is 0. The normalized spacial score (nSPS) is 16.1. The molecular weight excluding hydrogens is 580 g/mol. The predicted octanol–water partition coefficient (Wildman–Crippen LogP) is 5.65. The van der Waals surface area contributed by atoms with Crippen molar-refractivity contribution in [3.63, 3.8) is 0 Å². The molecule has 0 saturated heterocycles. The molecule has 0 atom stereocenters. The third kappa shape index (κ3) is 4.61. The minimum absolute atomic E-state index is 0.269. The fourth-order valence-electron chi connectivity index (χ4n) is 3.21. The summed E-state index contributed by atoms with van der Waals surface area (Å²) >= 11 is 11.7. The van der Waals surface area contributed by atoms with Gasteiger partial charge in [0.2, 0.25) is 0 Å². The first-order chi connectivity index (χ1) is 16.2. The van der Waals surface area contributed by atoms with E-state index in [1.165, 1.54) is 6.07 Å². The minimum Gasteiger partial charge on any atom is -0.382 e. The highest BCUT2D eigenvalue weighted by molar-refractivity contribution is 7.93. The van der Waals surface area contributed by atoms with E-state index in [1.54, 1.807) is 0 Å². The maximum Gasteiger partial charge on any atom is 0.516 e. The van der Waals surface area contributed by atoms with Crippen LogP contribution in [0.15, 0.2) is 12.1 Å². The van der Waals surface area contributed by atoms with Gasteiger partial charge in [0.1, 0.15) is 17.4 Å². The van der Waals surface area contributed by atoms with Gasteiger partial charge in [-0.05, 0) is 25.0 Å². The monoisotopic (exact) mass is 589 g/mol. The van der Waals surface area contributed by atoms with Crippen molar-refractivity contribution in [1.82, 2.24) is 9.78 Å². The van der Waals surface area contributed by atoms with E-state index in [-0.39, 0.29) is 4.68 Å². The van der Waals surface area contributed by atoms with Gasteiger partial charge in [-0.2, -0.15) is 58.3 Å². The second-order valence-electron chi connectivity index (χ2n) is 7.63. The summed E-state index contributed by atoms with van der Waals surface area (Å²) in [7, 11) is -6.58.